The van der Waals surface area contributed by atoms with Gasteiger partial charge in [-0.05, 0) is 42.8 Å². The Labute approximate surface area is 156 Å². The predicted octanol–water partition coefficient (Wildman–Crippen LogP) is 1.66. The van der Waals surface area contributed by atoms with E-state index in [4.69, 9.17) is 4.74 Å². The maximum absolute atomic E-state index is 12.8. The predicted molar refractivity (Wildman–Crippen MR) is 98.8 cm³/mol. The molecule has 2 N–H and O–H groups in total. The Morgan fingerprint density at radius 2 is 1.89 bits per heavy atom. The molecule has 1 fully saturated rings. The number of nitrogens with zero attached hydrogens (tertiary/aromatic N) is 1. The number of benzene rings is 2. The Morgan fingerprint density at radius 1 is 1.15 bits per heavy atom. The minimum absolute atomic E-state index is 0.199. The van der Waals surface area contributed by atoms with Crippen LogP contribution in [-0.2, 0) is 4.79 Å². The average molecular weight is 365 g/mol. The highest BCUT2D eigenvalue weighted by Crippen LogP contribution is 2.28. The summed E-state index contributed by atoms with van der Waals surface area (Å²) in [6, 6.07) is 12.9. The molecule has 7 heteroatoms. The van der Waals surface area contributed by atoms with Gasteiger partial charge in [-0.25, -0.2) is 0 Å². The van der Waals surface area contributed by atoms with E-state index >= 15 is 0 Å². The van der Waals surface area contributed by atoms with Crippen molar-refractivity contribution in [3.63, 3.8) is 0 Å². The zero-order chi connectivity index (χ0) is 19.0. The lowest BCUT2D eigenvalue weighted by molar-refractivity contribution is -0.119. The lowest BCUT2D eigenvalue weighted by Gasteiger charge is -2.20. The van der Waals surface area contributed by atoms with Crippen LogP contribution in [0.1, 0.15) is 27.1 Å². The number of rotatable bonds is 3. The third-order valence-electron chi connectivity index (χ3n) is 4.97. The smallest absolute Gasteiger partial charge is 0.256 e. The highest BCUT2D eigenvalue weighted by atomic mass is 16.5. The first-order valence-electron chi connectivity index (χ1n) is 8.72. The third kappa shape index (κ3) is 3.12. The summed E-state index contributed by atoms with van der Waals surface area (Å²) in [4.78, 5) is 39.4. The number of hydrogen-bond donors (Lipinski definition) is 2. The number of hydrogen-bond acceptors (Lipinski definition) is 4. The van der Waals surface area contributed by atoms with Crippen LogP contribution in [0, 0.1) is 0 Å². The minimum atomic E-state index is -0.592. The number of carbonyl (C=O) groups excluding carboxylic acids is 3. The number of ether oxygens (including phenoxy) is 1. The van der Waals surface area contributed by atoms with E-state index < -0.39 is 6.04 Å². The van der Waals surface area contributed by atoms with Crippen molar-refractivity contribution in [3.8, 4) is 5.75 Å². The molecule has 3 amide bonds. The van der Waals surface area contributed by atoms with Crippen molar-refractivity contribution < 1.29 is 19.1 Å². The maximum Gasteiger partial charge on any atom is 0.256 e. The summed E-state index contributed by atoms with van der Waals surface area (Å²) in [5, 5.41) is 5.74. The first-order chi connectivity index (χ1) is 13.1. The van der Waals surface area contributed by atoms with Crippen LogP contribution in [-0.4, -0.2) is 48.4 Å². The van der Waals surface area contributed by atoms with Crippen LogP contribution in [0.15, 0.2) is 48.5 Å². The number of methoxy groups -OCH3 is 1. The highest BCUT2D eigenvalue weighted by molar-refractivity contribution is 6.10. The molecule has 2 aromatic rings. The lowest BCUT2D eigenvalue weighted by Crippen LogP contribution is -2.41. The fourth-order valence-electron chi connectivity index (χ4n) is 3.57. The maximum atomic E-state index is 12.8. The molecule has 0 spiro atoms. The molecular formula is C20H19N3O4. The molecule has 0 radical (unpaired) electrons. The first kappa shape index (κ1) is 17.1. The van der Waals surface area contributed by atoms with Gasteiger partial charge in [0.2, 0.25) is 5.91 Å². The molecule has 7 nitrogen and oxygen atoms in total. The van der Waals surface area contributed by atoms with Crippen LogP contribution in [0.25, 0.3) is 0 Å². The van der Waals surface area contributed by atoms with Gasteiger partial charge in [-0.1, -0.05) is 12.1 Å². The van der Waals surface area contributed by atoms with Crippen molar-refractivity contribution in [1.82, 2.24) is 10.2 Å². The summed E-state index contributed by atoms with van der Waals surface area (Å²) in [6.45, 7) is 0.299. The van der Waals surface area contributed by atoms with Crippen molar-refractivity contribution in [2.75, 3.05) is 19.0 Å². The molecule has 0 unspecified atom stereocenters. The number of carbonyl (C=O) groups is 3. The fourth-order valence-corrected chi connectivity index (χ4v) is 3.57. The molecule has 2 aliphatic rings. The molecule has 138 valence electrons. The third-order valence-corrected chi connectivity index (χ3v) is 4.97. The van der Waals surface area contributed by atoms with Crippen LogP contribution in [0.5, 0.6) is 5.75 Å². The van der Waals surface area contributed by atoms with Crippen LogP contribution in [0.2, 0.25) is 0 Å². The second kappa shape index (κ2) is 6.75. The average Bonchev–Trinajstić information content (AvgIpc) is 3.08. The SMILES string of the molecule is COc1ccc(C(=O)N[C@@H]2C[C@@H]3C(=O)Nc4ccccc4C(=O)N3C2)cc1. The van der Waals surface area contributed by atoms with Gasteiger partial charge in [0.1, 0.15) is 11.8 Å². The Kier molecular flexibility index (Phi) is 4.27. The largest absolute Gasteiger partial charge is 0.497 e. The van der Waals surface area contributed by atoms with Gasteiger partial charge in [-0.2, -0.15) is 0 Å². The topological polar surface area (TPSA) is 87.7 Å². The summed E-state index contributed by atoms with van der Waals surface area (Å²) in [5.74, 6) is -0.0000529. The molecule has 0 aromatic heterocycles. The highest BCUT2D eigenvalue weighted by Gasteiger charge is 2.43. The van der Waals surface area contributed by atoms with Crippen molar-refractivity contribution in [2.24, 2.45) is 0 Å². The lowest BCUT2D eigenvalue weighted by atomic mass is 10.1. The summed E-state index contributed by atoms with van der Waals surface area (Å²) in [6.07, 6.45) is 0.382. The fraction of sp³-hybridized carbons (Fsp3) is 0.250. The summed E-state index contributed by atoms with van der Waals surface area (Å²) < 4.78 is 5.09. The van der Waals surface area contributed by atoms with Crippen molar-refractivity contribution in [1.29, 1.82) is 0 Å². The van der Waals surface area contributed by atoms with Crippen LogP contribution in [0.4, 0.5) is 5.69 Å². The second-order valence-electron chi connectivity index (χ2n) is 6.64. The van der Waals surface area contributed by atoms with Crippen molar-refractivity contribution in [2.45, 2.75) is 18.5 Å². The minimum Gasteiger partial charge on any atom is -0.497 e. The number of para-hydroxylation sites is 1. The van der Waals surface area contributed by atoms with Gasteiger partial charge >= 0.3 is 0 Å². The molecule has 2 atom stereocenters. The first-order valence-corrected chi connectivity index (χ1v) is 8.72. The van der Waals surface area contributed by atoms with Gasteiger partial charge in [0, 0.05) is 18.2 Å². The van der Waals surface area contributed by atoms with Crippen LogP contribution in [0.3, 0.4) is 0 Å². The number of nitrogens with one attached hydrogen (secondary N) is 2. The molecule has 0 saturated carbocycles. The van der Waals surface area contributed by atoms with E-state index in [1.165, 1.54) is 0 Å². The molecule has 0 bridgehead atoms. The Hall–Kier alpha value is -3.35. The van der Waals surface area contributed by atoms with E-state index in [0.717, 1.165) is 0 Å². The van der Waals surface area contributed by atoms with Crippen LogP contribution >= 0.6 is 0 Å². The van der Waals surface area contributed by atoms with Gasteiger partial charge in [-0.15, -0.1) is 0 Å². The van der Waals surface area contributed by atoms with Crippen molar-refractivity contribution >= 4 is 23.4 Å². The van der Waals surface area contributed by atoms with E-state index in [-0.39, 0.29) is 23.8 Å². The van der Waals surface area contributed by atoms with Crippen molar-refractivity contribution in [3.05, 3.63) is 59.7 Å². The molecule has 2 aromatic carbocycles. The second-order valence-corrected chi connectivity index (χ2v) is 6.64. The zero-order valence-electron chi connectivity index (χ0n) is 14.8. The number of anilines is 1. The molecule has 2 heterocycles. The zero-order valence-corrected chi connectivity index (χ0v) is 14.8. The van der Waals surface area contributed by atoms with Gasteiger partial charge in [-0.3, -0.25) is 14.4 Å². The van der Waals surface area contributed by atoms with E-state index in [9.17, 15) is 14.4 Å². The Balaban J connectivity index is 1.50. The van der Waals surface area contributed by atoms with Crippen LogP contribution < -0.4 is 15.4 Å². The summed E-state index contributed by atoms with van der Waals surface area (Å²) >= 11 is 0. The molecule has 1 saturated heterocycles. The van der Waals surface area contributed by atoms with E-state index in [1.54, 1.807) is 60.5 Å². The molecule has 4 rings (SSSR count). The summed E-state index contributed by atoms with van der Waals surface area (Å²) in [7, 11) is 1.56. The standard InChI is InChI=1S/C20H19N3O4/c1-27-14-8-6-12(7-9-14)18(24)21-13-10-17-19(25)22-16-5-3-2-4-15(16)20(26)23(17)11-13/h2-9,13,17H,10-11H2,1H3,(H,21,24)(H,22,25)/t13-,17-/m1/s1. The van der Waals surface area contributed by atoms with Gasteiger partial charge < -0.3 is 20.3 Å². The van der Waals surface area contributed by atoms with E-state index in [2.05, 4.69) is 10.6 Å². The number of amides is 3. The van der Waals surface area contributed by atoms with E-state index in [1.807, 2.05) is 0 Å². The summed E-state index contributed by atoms with van der Waals surface area (Å²) in [5.41, 5.74) is 1.50. The molecule has 2 aliphatic heterocycles. The van der Waals surface area contributed by atoms with Gasteiger partial charge in [0.25, 0.3) is 11.8 Å². The number of fused-ring (bicyclic) bond motifs is 2. The van der Waals surface area contributed by atoms with Gasteiger partial charge in [0.15, 0.2) is 0 Å². The Morgan fingerprint density at radius 3 is 2.63 bits per heavy atom. The quantitative estimate of drug-likeness (QED) is 0.866. The molecular weight excluding hydrogens is 346 g/mol. The molecule has 0 aliphatic carbocycles. The Bertz CT molecular complexity index is 910. The molecule has 27 heavy (non-hydrogen) atoms. The van der Waals surface area contributed by atoms with E-state index in [0.29, 0.717) is 35.5 Å². The van der Waals surface area contributed by atoms with Gasteiger partial charge in [0.05, 0.1) is 18.4 Å². The monoisotopic (exact) mass is 365 g/mol. The normalized spacial score (nSPS) is 21.0.